The Morgan fingerprint density at radius 1 is 0.958 bits per heavy atom. The van der Waals surface area contributed by atoms with Gasteiger partial charge in [-0.3, -0.25) is 9.69 Å². The van der Waals surface area contributed by atoms with Gasteiger partial charge in [-0.2, -0.15) is 13.2 Å². The number of likely N-dealkylation sites (tertiary alicyclic amines) is 2. The molecule has 2 aromatic rings. The SMILES string of the molecule is O=C(N[C@H](Cc1cc(Cl)c(O)c(C(F)(F)F)c1)C(=O)N1CCC(N2CCNCC2)CC1)N1CCC(N2Cc3ccccc3NC2=O)CC1. The van der Waals surface area contributed by atoms with E-state index >= 15 is 0 Å². The molecule has 48 heavy (non-hydrogen) atoms. The highest BCUT2D eigenvalue weighted by Gasteiger charge is 2.38. The van der Waals surface area contributed by atoms with Crippen LogP contribution in [0.15, 0.2) is 36.4 Å². The molecule has 15 heteroatoms. The molecule has 260 valence electrons. The smallest absolute Gasteiger partial charge is 0.420 e. The fourth-order valence-electron chi connectivity index (χ4n) is 7.28. The molecule has 0 unspecified atom stereocenters. The van der Waals surface area contributed by atoms with Crippen molar-refractivity contribution in [2.45, 2.75) is 63.0 Å². The molecule has 0 bridgehead atoms. The third kappa shape index (κ3) is 7.60. The number of anilines is 1. The van der Waals surface area contributed by atoms with E-state index in [1.54, 1.807) is 14.7 Å². The molecule has 2 aromatic carbocycles. The first-order valence-corrected chi connectivity index (χ1v) is 16.9. The van der Waals surface area contributed by atoms with Crippen LogP contribution in [-0.2, 0) is 23.9 Å². The summed E-state index contributed by atoms with van der Waals surface area (Å²) >= 11 is 5.99. The van der Waals surface area contributed by atoms with Gasteiger partial charge in [0.2, 0.25) is 5.91 Å². The Balaban J connectivity index is 1.13. The first kappa shape index (κ1) is 34.1. The summed E-state index contributed by atoms with van der Waals surface area (Å²) in [4.78, 5) is 47.8. The van der Waals surface area contributed by atoms with Gasteiger partial charge in [0, 0.05) is 83.1 Å². The summed E-state index contributed by atoms with van der Waals surface area (Å²) < 4.78 is 41.1. The van der Waals surface area contributed by atoms with Crippen LogP contribution in [0.3, 0.4) is 0 Å². The average molecular weight is 692 g/mol. The minimum absolute atomic E-state index is 0.0644. The zero-order valence-electron chi connectivity index (χ0n) is 26.6. The Kier molecular flexibility index (Phi) is 10.2. The van der Waals surface area contributed by atoms with Gasteiger partial charge in [-0.05, 0) is 55.0 Å². The molecule has 3 fully saturated rings. The monoisotopic (exact) mass is 691 g/mol. The van der Waals surface area contributed by atoms with Gasteiger partial charge in [-0.15, -0.1) is 0 Å². The normalized spacial score (nSPS) is 20.7. The lowest BCUT2D eigenvalue weighted by atomic mass is 9.98. The predicted octanol–water partition coefficient (Wildman–Crippen LogP) is 4.09. The van der Waals surface area contributed by atoms with E-state index in [0.29, 0.717) is 51.6 Å². The lowest BCUT2D eigenvalue weighted by Gasteiger charge is -2.42. The molecule has 4 aliphatic heterocycles. The van der Waals surface area contributed by atoms with E-state index in [1.807, 2.05) is 24.3 Å². The fraction of sp³-hybridized carbons (Fsp3) is 0.545. The number of rotatable bonds is 6. The molecule has 0 spiro atoms. The van der Waals surface area contributed by atoms with Crippen LogP contribution in [0.2, 0.25) is 5.02 Å². The molecule has 3 saturated heterocycles. The predicted molar refractivity (Wildman–Crippen MR) is 174 cm³/mol. The summed E-state index contributed by atoms with van der Waals surface area (Å²) in [6, 6.07) is 7.99. The van der Waals surface area contributed by atoms with Crippen LogP contribution < -0.4 is 16.0 Å². The number of nitrogens with one attached hydrogen (secondary N) is 3. The van der Waals surface area contributed by atoms with Crippen molar-refractivity contribution in [3.05, 3.63) is 58.1 Å². The van der Waals surface area contributed by atoms with Crippen molar-refractivity contribution in [3.8, 4) is 5.75 Å². The number of urea groups is 2. The highest BCUT2D eigenvalue weighted by atomic mass is 35.5. The van der Waals surface area contributed by atoms with E-state index in [-0.39, 0.29) is 30.0 Å². The summed E-state index contributed by atoms with van der Waals surface area (Å²) in [6.07, 6.45) is -2.52. The summed E-state index contributed by atoms with van der Waals surface area (Å²) in [5, 5.41) is 18.6. The van der Waals surface area contributed by atoms with Gasteiger partial charge < -0.3 is 35.8 Å². The standard InChI is InChI=1S/C33H41ClF3N7O4/c34-26-18-21(17-25(29(26)45)33(35,36)37)19-28(30(46)42-11-5-23(6-12-42)41-15-9-38-10-16-41)40-31(47)43-13-7-24(8-14-43)44-20-22-3-1-2-4-27(22)39-32(44)48/h1-4,17-18,23-24,28,38,45H,5-16,19-20H2,(H,39,48)(H,40,47)/t28-/m1/s1. The highest BCUT2D eigenvalue weighted by molar-refractivity contribution is 6.32. The van der Waals surface area contributed by atoms with E-state index < -0.39 is 34.6 Å². The number of alkyl halides is 3. The van der Waals surface area contributed by atoms with Crippen molar-refractivity contribution < 1.29 is 32.7 Å². The Bertz CT molecular complexity index is 1510. The number of carbonyl (C=O) groups excluding carboxylic acids is 3. The van der Waals surface area contributed by atoms with Crippen molar-refractivity contribution in [2.75, 3.05) is 57.7 Å². The van der Waals surface area contributed by atoms with Crippen LogP contribution in [-0.4, -0.2) is 113 Å². The molecular formula is C33H41ClF3N7O4. The van der Waals surface area contributed by atoms with Crippen LogP contribution in [0, 0.1) is 0 Å². The highest BCUT2D eigenvalue weighted by Crippen LogP contribution is 2.40. The van der Waals surface area contributed by atoms with Crippen molar-refractivity contribution in [1.82, 2.24) is 30.2 Å². The van der Waals surface area contributed by atoms with Gasteiger partial charge in [0.1, 0.15) is 11.8 Å². The number of phenolic OH excluding ortho intramolecular Hbond substituents is 1. The van der Waals surface area contributed by atoms with Gasteiger partial charge in [0.25, 0.3) is 0 Å². The summed E-state index contributed by atoms with van der Waals surface area (Å²) in [5.41, 5.74) is 0.565. The van der Waals surface area contributed by atoms with Crippen molar-refractivity contribution in [3.63, 3.8) is 0 Å². The maximum Gasteiger partial charge on any atom is 0.420 e. The van der Waals surface area contributed by atoms with E-state index in [2.05, 4.69) is 20.9 Å². The van der Waals surface area contributed by atoms with Crippen LogP contribution in [0.1, 0.15) is 42.4 Å². The number of hydrogen-bond acceptors (Lipinski definition) is 6. The molecule has 1 atom stereocenters. The Hall–Kier alpha value is -3.75. The van der Waals surface area contributed by atoms with Crippen LogP contribution in [0.4, 0.5) is 28.4 Å². The van der Waals surface area contributed by atoms with Gasteiger partial charge >= 0.3 is 18.2 Å². The lowest BCUT2D eigenvalue weighted by Crippen LogP contribution is -2.58. The van der Waals surface area contributed by atoms with Crippen molar-refractivity contribution >= 4 is 35.3 Å². The second kappa shape index (κ2) is 14.4. The fourth-order valence-corrected chi connectivity index (χ4v) is 7.52. The molecule has 0 radical (unpaired) electrons. The first-order chi connectivity index (χ1) is 23.0. The second-order valence-corrected chi connectivity index (χ2v) is 13.4. The molecule has 6 rings (SSSR count). The topological polar surface area (TPSA) is 120 Å². The zero-order chi connectivity index (χ0) is 34.0. The van der Waals surface area contributed by atoms with E-state index in [9.17, 15) is 32.7 Å². The van der Waals surface area contributed by atoms with Crippen LogP contribution >= 0.6 is 11.6 Å². The number of hydrogen-bond donors (Lipinski definition) is 4. The van der Waals surface area contributed by atoms with Crippen LogP contribution in [0.5, 0.6) is 5.75 Å². The number of nitrogens with zero attached hydrogens (tertiary/aromatic N) is 4. The number of piperazine rings is 1. The molecule has 11 nitrogen and oxygen atoms in total. The zero-order valence-corrected chi connectivity index (χ0v) is 27.3. The lowest BCUT2D eigenvalue weighted by molar-refractivity contribution is -0.138. The van der Waals surface area contributed by atoms with E-state index in [0.717, 1.165) is 56.3 Å². The summed E-state index contributed by atoms with van der Waals surface area (Å²) in [6.45, 7) is 5.78. The average Bonchev–Trinajstić information content (AvgIpc) is 3.09. The number of aromatic hydroxyl groups is 1. The number of fused-ring (bicyclic) bond motifs is 1. The second-order valence-electron chi connectivity index (χ2n) is 13.0. The number of para-hydroxylation sites is 1. The molecular weight excluding hydrogens is 651 g/mol. The minimum Gasteiger partial charge on any atom is -0.506 e. The first-order valence-electron chi connectivity index (χ1n) is 16.5. The van der Waals surface area contributed by atoms with Gasteiger partial charge in [-0.25, -0.2) is 9.59 Å². The van der Waals surface area contributed by atoms with Gasteiger partial charge in [-0.1, -0.05) is 29.8 Å². The number of piperidine rings is 2. The van der Waals surface area contributed by atoms with Crippen LogP contribution in [0.25, 0.3) is 0 Å². The maximum atomic E-state index is 13.9. The van der Waals surface area contributed by atoms with E-state index in [4.69, 9.17) is 11.6 Å². The molecule has 0 saturated carbocycles. The Morgan fingerprint density at radius 2 is 1.60 bits per heavy atom. The quantitative estimate of drug-likeness (QED) is 0.363. The molecule has 4 aliphatic rings. The Morgan fingerprint density at radius 3 is 2.29 bits per heavy atom. The van der Waals surface area contributed by atoms with Crippen molar-refractivity contribution in [1.29, 1.82) is 0 Å². The summed E-state index contributed by atoms with van der Waals surface area (Å²) in [5.74, 6) is -1.46. The largest absolute Gasteiger partial charge is 0.506 e. The number of halogens is 4. The molecule has 5 amide bonds. The molecule has 0 aliphatic carbocycles. The Labute approximate surface area is 282 Å². The number of phenols is 1. The number of benzene rings is 2. The van der Waals surface area contributed by atoms with Gasteiger partial charge in [0.15, 0.2) is 0 Å². The molecule has 4 heterocycles. The van der Waals surface area contributed by atoms with Gasteiger partial charge in [0.05, 0.1) is 10.6 Å². The molecule has 4 N–H and O–H groups in total. The third-order valence-corrected chi connectivity index (χ3v) is 10.2. The minimum atomic E-state index is -4.87. The van der Waals surface area contributed by atoms with Crippen molar-refractivity contribution in [2.24, 2.45) is 0 Å². The van der Waals surface area contributed by atoms with E-state index in [1.165, 1.54) is 6.07 Å². The summed E-state index contributed by atoms with van der Waals surface area (Å²) in [7, 11) is 0. The molecule has 0 aromatic heterocycles. The third-order valence-electron chi connectivity index (χ3n) is 9.96. The number of amides is 5. The number of carbonyl (C=O) groups is 3. The maximum absolute atomic E-state index is 13.9.